The fourth-order valence-electron chi connectivity index (χ4n) is 5.05. The van der Waals surface area contributed by atoms with Crippen molar-refractivity contribution in [1.29, 1.82) is 0 Å². The number of nitrogens with one attached hydrogen (secondary N) is 1. The van der Waals surface area contributed by atoms with Gasteiger partial charge in [0, 0.05) is 30.7 Å². The molecule has 1 N–H and O–H groups in total. The molecule has 31 heavy (non-hydrogen) atoms. The van der Waals surface area contributed by atoms with E-state index in [2.05, 4.69) is 30.4 Å². The molecule has 3 atom stereocenters. The molecule has 2 fully saturated rings. The molecule has 1 saturated heterocycles. The number of benzene rings is 2. The van der Waals surface area contributed by atoms with Gasteiger partial charge in [-0.3, -0.25) is 4.79 Å². The smallest absolute Gasteiger partial charge is 0.253 e. The van der Waals surface area contributed by atoms with Crippen LogP contribution in [0, 0.1) is 5.92 Å². The van der Waals surface area contributed by atoms with Crippen LogP contribution in [0.1, 0.15) is 72.1 Å². The Balaban J connectivity index is 1.21. The molecular weight excluding hydrogens is 384 g/mol. The van der Waals surface area contributed by atoms with Crippen molar-refractivity contribution in [1.82, 2.24) is 10.2 Å². The van der Waals surface area contributed by atoms with E-state index < -0.39 is 0 Å². The largest absolute Gasteiger partial charge is 0.493 e. The fourth-order valence-corrected chi connectivity index (χ4v) is 5.05. The predicted molar refractivity (Wildman–Crippen MR) is 124 cm³/mol. The first kappa shape index (κ1) is 20.6. The highest BCUT2D eigenvalue weighted by Crippen LogP contribution is 2.32. The van der Waals surface area contributed by atoms with Gasteiger partial charge in [0.2, 0.25) is 0 Å². The van der Waals surface area contributed by atoms with Gasteiger partial charge in [-0.25, -0.2) is 0 Å². The van der Waals surface area contributed by atoms with E-state index in [1.165, 1.54) is 42.4 Å². The Hall–Kier alpha value is -2.33. The lowest BCUT2D eigenvalue weighted by Gasteiger charge is -2.33. The van der Waals surface area contributed by atoms with Crippen molar-refractivity contribution in [2.45, 2.75) is 70.0 Å². The number of hydrogen-bond donors (Lipinski definition) is 1. The molecule has 3 aliphatic rings. The number of hydrogen-bond acceptors (Lipinski definition) is 3. The first-order valence-electron chi connectivity index (χ1n) is 11.9. The zero-order chi connectivity index (χ0) is 21.4. The Morgan fingerprint density at radius 1 is 1.03 bits per heavy atom. The molecule has 0 aromatic heterocycles. The average Bonchev–Trinajstić information content (AvgIpc) is 3.54. The number of amides is 1. The topological polar surface area (TPSA) is 41.6 Å². The number of likely N-dealkylation sites (N-methyl/N-ethyl adjacent to an activating group) is 1. The highest BCUT2D eigenvalue weighted by atomic mass is 16.5. The minimum Gasteiger partial charge on any atom is -0.493 e. The van der Waals surface area contributed by atoms with E-state index in [1.54, 1.807) is 0 Å². The van der Waals surface area contributed by atoms with E-state index in [9.17, 15) is 4.79 Å². The maximum Gasteiger partial charge on any atom is 0.253 e. The van der Waals surface area contributed by atoms with Crippen LogP contribution in [0.2, 0.25) is 0 Å². The van der Waals surface area contributed by atoms with Crippen LogP contribution in [0.25, 0.3) is 0 Å². The van der Waals surface area contributed by atoms with Gasteiger partial charge in [-0.1, -0.05) is 18.2 Å². The van der Waals surface area contributed by atoms with Gasteiger partial charge < -0.3 is 15.0 Å². The molecule has 1 saturated carbocycles. The summed E-state index contributed by atoms with van der Waals surface area (Å²) < 4.78 is 5.80. The number of fused-ring (bicyclic) bond motifs is 1. The summed E-state index contributed by atoms with van der Waals surface area (Å²) in [5.74, 6) is 1.69. The fraction of sp³-hybridized carbons (Fsp3) is 0.519. The van der Waals surface area contributed by atoms with E-state index in [1.807, 2.05) is 36.2 Å². The Labute approximate surface area is 186 Å². The van der Waals surface area contributed by atoms with Crippen molar-refractivity contribution in [2.24, 2.45) is 5.92 Å². The van der Waals surface area contributed by atoms with E-state index in [4.69, 9.17) is 4.74 Å². The third kappa shape index (κ3) is 4.64. The molecule has 5 rings (SSSR count). The molecule has 4 heteroatoms. The van der Waals surface area contributed by atoms with Crippen LogP contribution in [-0.4, -0.2) is 36.5 Å². The summed E-state index contributed by atoms with van der Waals surface area (Å²) in [7, 11) is 1.95. The van der Waals surface area contributed by atoms with Gasteiger partial charge in [0.05, 0.1) is 6.61 Å². The van der Waals surface area contributed by atoms with Crippen LogP contribution in [-0.2, 0) is 12.8 Å². The molecule has 2 aromatic carbocycles. The third-order valence-corrected chi connectivity index (χ3v) is 7.36. The van der Waals surface area contributed by atoms with Gasteiger partial charge in [-0.2, -0.15) is 0 Å². The van der Waals surface area contributed by atoms with Gasteiger partial charge >= 0.3 is 0 Å². The highest BCUT2D eigenvalue weighted by molar-refractivity contribution is 5.94. The second kappa shape index (κ2) is 8.66. The van der Waals surface area contributed by atoms with Crippen LogP contribution in [0.5, 0.6) is 5.75 Å². The SMILES string of the molecule is C[C@H]1CC[C@H](c2ccc3c(c2)CC[C@H](N(C)C(=O)c2ccc(OCC4CC4)cc2)C3)N1. The number of rotatable bonds is 6. The Morgan fingerprint density at radius 3 is 2.55 bits per heavy atom. The normalized spacial score (nSPS) is 25.2. The monoisotopic (exact) mass is 418 g/mol. The molecular formula is C27H34N2O2. The molecule has 1 aliphatic heterocycles. The second-order valence-corrected chi connectivity index (χ2v) is 9.82. The molecule has 1 amide bonds. The van der Waals surface area contributed by atoms with Gasteiger partial charge in [-0.15, -0.1) is 0 Å². The predicted octanol–water partition coefficient (Wildman–Crippen LogP) is 4.92. The first-order valence-corrected chi connectivity index (χ1v) is 11.9. The minimum absolute atomic E-state index is 0.1000. The van der Waals surface area contributed by atoms with E-state index in [-0.39, 0.29) is 11.9 Å². The lowest BCUT2D eigenvalue weighted by Crippen LogP contribution is -2.40. The summed E-state index contributed by atoms with van der Waals surface area (Å²) in [6, 6.07) is 16.0. The first-order chi connectivity index (χ1) is 15.1. The van der Waals surface area contributed by atoms with E-state index in [0.717, 1.165) is 43.1 Å². The Bertz CT molecular complexity index is 935. The molecule has 1 heterocycles. The maximum atomic E-state index is 13.1. The number of nitrogens with zero attached hydrogens (tertiary/aromatic N) is 1. The minimum atomic E-state index is 0.1000. The molecule has 164 valence electrons. The molecule has 2 aliphatic carbocycles. The maximum absolute atomic E-state index is 13.1. The number of ether oxygens (including phenoxy) is 1. The van der Waals surface area contributed by atoms with Crippen molar-refractivity contribution in [3.63, 3.8) is 0 Å². The Morgan fingerprint density at radius 2 is 1.84 bits per heavy atom. The molecule has 0 unspecified atom stereocenters. The van der Waals surface area contributed by atoms with Crippen LogP contribution in [0.4, 0.5) is 0 Å². The van der Waals surface area contributed by atoms with Crippen molar-refractivity contribution in [3.8, 4) is 5.75 Å². The zero-order valence-electron chi connectivity index (χ0n) is 18.8. The zero-order valence-corrected chi connectivity index (χ0v) is 18.8. The van der Waals surface area contributed by atoms with Crippen molar-refractivity contribution in [3.05, 3.63) is 64.7 Å². The second-order valence-electron chi connectivity index (χ2n) is 9.82. The summed E-state index contributed by atoms with van der Waals surface area (Å²) in [6.45, 7) is 3.07. The van der Waals surface area contributed by atoms with Crippen molar-refractivity contribution < 1.29 is 9.53 Å². The number of carbonyl (C=O) groups excluding carboxylic acids is 1. The lowest BCUT2D eigenvalue weighted by molar-refractivity contribution is 0.0719. The van der Waals surface area contributed by atoms with Crippen LogP contribution >= 0.6 is 0 Å². The molecule has 0 spiro atoms. The van der Waals surface area contributed by atoms with E-state index in [0.29, 0.717) is 12.1 Å². The molecule has 4 nitrogen and oxygen atoms in total. The van der Waals surface area contributed by atoms with Gasteiger partial charge in [0.1, 0.15) is 5.75 Å². The molecule has 0 radical (unpaired) electrons. The Kier molecular flexibility index (Phi) is 5.75. The molecule has 0 bridgehead atoms. The lowest BCUT2D eigenvalue weighted by atomic mass is 9.85. The van der Waals surface area contributed by atoms with Crippen molar-refractivity contribution >= 4 is 5.91 Å². The highest BCUT2D eigenvalue weighted by Gasteiger charge is 2.28. The average molecular weight is 419 g/mol. The van der Waals surface area contributed by atoms with Crippen LogP contribution in [0.3, 0.4) is 0 Å². The van der Waals surface area contributed by atoms with Gasteiger partial charge in [0.15, 0.2) is 0 Å². The third-order valence-electron chi connectivity index (χ3n) is 7.36. The standard InChI is InChI=1S/C27H34N2O2/c1-18-3-14-26(28-18)23-7-6-22-16-24(11-8-21(22)15-23)29(2)27(30)20-9-12-25(13-10-20)31-17-19-4-5-19/h6-7,9-10,12-13,15,18-19,24,26,28H,3-5,8,11,14,16-17H2,1-2H3/t18-,24-,26+/m0/s1. The van der Waals surface area contributed by atoms with Gasteiger partial charge in [-0.05, 0) is 98.7 Å². The summed E-state index contributed by atoms with van der Waals surface area (Å²) in [4.78, 5) is 15.0. The quantitative estimate of drug-likeness (QED) is 0.724. The number of aryl methyl sites for hydroxylation is 1. The van der Waals surface area contributed by atoms with Crippen molar-refractivity contribution in [2.75, 3.05) is 13.7 Å². The summed E-state index contributed by atoms with van der Waals surface area (Å²) in [6.07, 6.45) is 8.05. The van der Waals surface area contributed by atoms with Crippen LogP contribution in [0.15, 0.2) is 42.5 Å². The van der Waals surface area contributed by atoms with Crippen LogP contribution < -0.4 is 10.1 Å². The number of carbonyl (C=O) groups is 1. The summed E-state index contributed by atoms with van der Waals surface area (Å²) in [5, 5.41) is 3.70. The summed E-state index contributed by atoms with van der Waals surface area (Å²) >= 11 is 0. The summed E-state index contributed by atoms with van der Waals surface area (Å²) in [5.41, 5.74) is 5.03. The van der Waals surface area contributed by atoms with Gasteiger partial charge in [0.25, 0.3) is 5.91 Å². The molecule has 2 aromatic rings. The van der Waals surface area contributed by atoms with E-state index >= 15 is 0 Å².